The van der Waals surface area contributed by atoms with E-state index < -0.39 is 0 Å². The number of nitriles is 1. The molecule has 0 atom stereocenters. The molecule has 0 radical (unpaired) electrons. The molecule has 1 fully saturated rings. The fraction of sp³-hybridized carbons (Fsp3) is 0.765. The molecule has 0 spiro atoms. The van der Waals surface area contributed by atoms with E-state index in [0.717, 1.165) is 45.4 Å². The van der Waals surface area contributed by atoms with Crippen molar-refractivity contribution >= 4 is 5.91 Å². The van der Waals surface area contributed by atoms with Gasteiger partial charge in [-0.15, -0.1) is 0 Å². The molecule has 1 saturated heterocycles. The van der Waals surface area contributed by atoms with E-state index in [9.17, 15) is 4.79 Å². The molecule has 2 aliphatic rings. The van der Waals surface area contributed by atoms with Crippen molar-refractivity contribution in [2.24, 2.45) is 5.92 Å². The Morgan fingerprint density at radius 2 is 2.19 bits per heavy atom. The third kappa shape index (κ3) is 5.51. The van der Waals surface area contributed by atoms with Crippen molar-refractivity contribution in [2.75, 3.05) is 26.2 Å². The highest BCUT2D eigenvalue weighted by molar-refractivity contribution is 5.78. The second-order valence-corrected chi connectivity index (χ2v) is 6.17. The second-order valence-electron chi connectivity index (χ2n) is 6.17. The highest BCUT2D eigenvalue weighted by Gasteiger charge is 2.24. The summed E-state index contributed by atoms with van der Waals surface area (Å²) in [5.41, 5.74) is 1.52. The number of carbonyl (C=O) groups is 1. The zero-order valence-corrected chi connectivity index (χ0v) is 12.9. The number of allylic oxidation sites excluding steroid dienone is 1. The van der Waals surface area contributed by atoms with Crippen LogP contribution in [0, 0.1) is 17.2 Å². The third-order valence-corrected chi connectivity index (χ3v) is 4.63. The van der Waals surface area contributed by atoms with Crippen molar-refractivity contribution in [3.63, 3.8) is 0 Å². The SMILES string of the molecule is N#CCCN1CCC(C(=O)NCCC2=CCCCC2)CC1. The Labute approximate surface area is 128 Å². The Morgan fingerprint density at radius 3 is 2.86 bits per heavy atom. The molecule has 1 aliphatic carbocycles. The van der Waals surface area contributed by atoms with Crippen molar-refractivity contribution in [3.05, 3.63) is 11.6 Å². The van der Waals surface area contributed by atoms with Gasteiger partial charge in [-0.2, -0.15) is 5.26 Å². The first-order valence-electron chi connectivity index (χ1n) is 8.34. The van der Waals surface area contributed by atoms with E-state index in [1.165, 1.54) is 31.3 Å². The van der Waals surface area contributed by atoms with Crippen LogP contribution in [0.15, 0.2) is 11.6 Å². The monoisotopic (exact) mass is 289 g/mol. The molecule has 1 N–H and O–H groups in total. The largest absolute Gasteiger partial charge is 0.356 e. The van der Waals surface area contributed by atoms with Gasteiger partial charge in [-0.1, -0.05) is 11.6 Å². The van der Waals surface area contributed by atoms with Crippen LogP contribution in [-0.2, 0) is 4.79 Å². The van der Waals surface area contributed by atoms with Crippen LogP contribution < -0.4 is 5.32 Å². The van der Waals surface area contributed by atoms with Crippen LogP contribution >= 0.6 is 0 Å². The molecule has 0 aromatic heterocycles. The van der Waals surface area contributed by atoms with Gasteiger partial charge in [0.25, 0.3) is 0 Å². The molecule has 4 nitrogen and oxygen atoms in total. The van der Waals surface area contributed by atoms with Gasteiger partial charge in [0.1, 0.15) is 0 Å². The van der Waals surface area contributed by atoms with Gasteiger partial charge in [0.15, 0.2) is 0 Å². The van der Waals surface area contributed by atoms with Gasteiger partial charge in [-0.3, -0.25) is 4.79 Å². The normalized spacial score (nSPS) is 20.6. The summed E-state index contributed by atoms with van der Waals surface area (Å²) >= 11 is 0. The average Bonchev–Trinajstić information content (AvgIpc) is 2.54. The minimum atomic E-state index is 0.170. The molecule has 0 saturated carbocycles. The fourth-order valence-corrected chi connectivity index (χ4v) is 3.25. The van der Waals surface area contributed by atoms with Gasteiger partial charge in [-0.25, -0.2) is 0 Å². The summed E-state index contributed by atoms with van der Waals surface area (Å²) in [6.07, 6.45) is 10.9. The highest BCUT2D eigenvalue weighted by atomic mass is 16.1. The van der Waals surface area contributed by atoms with E-state index >= 15 is 0 Å². The van der Waals surface area contributed by atoms with Crippen LogP contribution in [0.1, 0.15) is 51.4 Å². The standard InChI is InChI=1S/C17H27N3O/c18-10-4-12-20-13-8-16(9-14-20)17(21)19-11-7-15-5-2-1-3-6-15/h5,16H,1-4,6-9,11-14H2,(H,19,21). The molecule has 1 aliphatic heterocycles. The smallest absolute Gasteiger partial charge is 0.223 e. The number of rotatable bonds is 6. The molecule has 0 unspecified atom stereocenters. The topological polar surface area (TPSA) is 56.1 Å². The first-order chi connectivity index (χ1) is 10.3. The van der Waals surface area contributed by atoms with E-state index in [1.54, 1.807) is 0 Å². The molecule has 2 rings (SSSR count). The highest BCUT2D eigenvalue weighted by Crippen LogP contribution is 2.20. The van der Waals surface area contributed by atoms with Gasteiger partial charge in [0.2, 0.25) is 5.91 Å². The number of amides is 1. The van der Waals surface area contributed by atoms with Gasteiger partial charge in [0.05, 0.1) is 6.07 Å². The number of likely N-dealkylation sites (tertiary alicyclic amines) is 1. The van der Waals surface area contributed by atoms with Crippen LogP contribution in [0.3, 0.4) is 0 Å². The summed E-state index contributed by atoms with van der Waals surface area (Å²) in [7, 11) is 0. The van der Waals surface area contributed by atoms with Gasteiger partial charge < -0.3 is 10.2 Å². The lowest BCUT2D eigenvalue weighted by molar-refractivity contribution is -0.126. The van der Waals surface area contributed by atoms with Gasteiger partial charge in [-0.05, 0) is 58.0 Å². The quantitative estimate of drug-likeness (QED) is 0.765. The lowest BCUT2D eigenvalue weighted by Crippen LogP contribution is -2.41. The summed E-state index contributed by atoms with van der Waals surface area (Å²) in [6.45, 7) is 3.54. The summed E-state index contributed by atoms with van der Waals surface area (Å²) < 4.78 is 0. The van der Waals surface area contributed by atoms with Crippen molar-refractivity contribution in [1.29, 1.82) is 5.26 Å². The van der Waals surface area contributed by atoms with Gasteiger partial charge in [0, 0.05) is 25.4 Å². The number of nitrogens with one attached hydrogen (secondary N) is 1. The van der Waals surface area contributed by atoms with Crippen molar-refractivity contribution in [1.82, 2.24) is 10.2 Å². The minimum absolute atomic E-state index is 0.170. The molecular formula is C17H27N3O. The molecule has 0 aromatic rings. The molecule has 4 heteroatoms. The third-order valence-electron chi connectivity index (χ3n) is 4.63. The number of nitrogens with zero attached hydrogens (tertiary/aromatic N) is 2. The first-order valence-corrected chi connectivity index (χ1v) is 8.34. The molecule has 116 valence electrons. The number of hydrogen-bond acceptors (Lipinski definition) is 3. The Morgan fingerprint density at radius 1 is 1.38 bits per heavy atom. The van der Waals surface area contributed by atoms with Crippen LogP contribution in [0.4, 0.5) is 0 Å². The molecule has 1 heterocycles. The summed E-state index contributed by atoms with van der Waals surface area (Å²) in [4.78, 5) is 14.5. The maximum atomic E-state index is 12.2. The Balaban J connectivity index is 1.61. The van der Waals surface area contributed by atoms with Crippen molar-refractivity contribution in [3.8, 4) is 6.07 Å². The maximum Gasteiger partial charge on any atom is 0.223 e. The van der Waals surface area contributed by atoms with Gasteiger partial charge >= 0.3 is 0 Å². The Bertz CT molecular complexity index is 403. The number of carbonyl (C=O) groups excluding carboxylic acids is 1. The predicted octanol–water partition coefficient (Wildman–Crippen LogP) is 2.62. The van der Waals surface area contributed by atoms with E-state index in [4.69, 9.17) is 5.26 Å². The maximum absolute atomic E-state index is 12.2. The lowest BCUT2D eigenvalue weighted by Gasteiger charge is -2.30. The molecule has 0 aromatic carbocycles. The molecule has 1 amide bonds. The van der Waals surface area contributed by atoms with Crippen molar-refractivity contribution < 1.29 is 4.79 Å². The molecular weight excluding hydrogens is 262 g/mol. The van der Waals surface area contributed by atoms with Crippen LogP contribution in [0.2, 0.25) is 0 Å². The fourth-order valence-electron chi connectivity index (χ4n) is 3.25. The van der Waals surface area contributed by atoms with E-state index in [0.29, 0.717) is 6.42 Å². The Hall–Kier alpha value is -1.34. The minimum Gasteiger partial charge on any atom is -0.356 e. The molecule has 0 bridgehead atoms. The zero-order valence-electron chi connectivity index (χ0n) is 12.9. The average molecular weight is 289 g/mol. The van der Waals surface area contributed by atoms with E-state index in [-0.39, 0.29) is 11.8 Å². The second kappa shape index (κ2) is 8.84. The first kappa shape index (κ1) is 16.0. The summed E-state index contributed by atoms with van der Waals surface area (Å²) in [5.74, 6) is 0.398. The summed E-state index contributed by atoms with van der Waals surface area (Å²) in [5, 5.41) is 11.7. The lowest BCUT2D eigenvalue weighted by atomic mass is 9.95. The van der Waals surface area contributed by atoms with Crippen LogP contribution in [0.5, 0.6) is 0 Å². The summed E-state index contributed by atoms with van der Waals surface area (Å²) in [6, 6.07) is 2.18. The van der Waals surface area contributed by atoms with Crippen molar-refractivity contribution in [2.45, 2.75) is 51.4 Å². The Kier molecular flexibility index (Phi) is 6.75. The number of piperidine rings is 1. The predicted molar refractivity (Wildman–Crippen MR) is 83.6 cm³/mol. The zero-order chi connectivity index (χ0) is 14.9. The van der Waals surface area contributed by atoms with E-state index in [2.05, 4.69) is 22.4 Å². The molecule has 21 heavy (non-hydrogen) atoms. The van der Waals surface area contributed by atoms with Crippen LogP contribution in [0.25, 0.3) is 0 Å². The van der Waals surface area contributed by atoms with Crippen LogP contribution in [-0.4, -0.2) is 37.0 Å². The number of hydrogen-bond donors (Lipinski definition) is 1. The van der Waals surface area contributed by atoms with E-state index in [1.807, 2.05) is 0 Å².